The predicted molar refractivity (Wildman–Crippen MR) is 108 cm³/mol. The molecule has 0 radical (unpaired) electrons. The maximum Gasteiger partial charge on any atom is 0.255 e. The molecular weight excluding hydrogens is 352 g/mol. The Morgan fingerprint density at radius 1 is 1.25 bits per heavy atom. The summed E-state index contributed by atoms with van der Waals surface area (Å²) in [5.41, 5.74) is 4.38. The summed E-state index contributed by atoms with van der Waals surface area (Å²) in [6.45, 7) is 4.08. The number of carbonyl (C=O) groups is 1. The van der Waals surface area contributed by atoms with Gasteiger partial charge in [0, 0.05) is 11.8 Å². The zero-order valence-electron chi connectivity index (χ0n) is 16.5. The second-order valence-electron chi connectivity index (χ2n) is 8.54. The SMILES string of the molecule is Cc1ncccc1NC(=O)c1ccc2c(c1)CCCC1CC(O)C(O)CC21C. The first-order valence-corrected chi connectivity index (χ1v) is 10.1. The monoisotopic (exact) mass is 380 g/mol. The highest BCUT2D eigenvalue weighted by atomic mass is 16.3. The minimum atomic E-state index is -0.691. The summed E-state index contributed by atoms with van der Waals surface area (Å²) in [6.07, 6.45) is 4.57. The van der Waals surface area contributed by atoms with E-state index in [0.29, 0.717) is 24.3 Å². The Kier molecular flexibility index (Phi) is 4.98. The van der Waals surface area contributed by atoms with E-state index in [9.17, 15) is 15.0 Å². The van der Waals surface area contributed by atoms with Crippen LogP contribution in [0, 0.1) is 12.8 Å². The molecular formula is C23H28N2O3. The Hall–Kier alpha value is -2.24. The van der Waals surface area contributed by atoms with Crippen LogP contribution in [-0.2, 0) is 11.8 Å². The number of fused-ring (bicyclic) bond motifs is 3. The standard InChI is InChI=1S/C23H28N2O3/c1-14-19(7-4-10-24-14)25-22(28)16-8-9-18-15(11-16)5-3-6-17-12-20(26)21(27)13-23(17,18)2/h4,7-11,17,20-21,26-27H,3,5-6,12-13H2,1-2H3,(H,25,28). The molecule has 28 heavy (non-hydrogen) atoms. The molecule has 148 valence electrons. The van der Waals surface area contributed by atoms with Gasteiger partial charge in [-0.2, -0.15) is 0 Å². The van der Waals surface area contributed by atoms with Crippen LogP contribution in [-0.4, -0.2) is 33.3 Å². The van der Waals surface area contributed by atoms with E-state index in [-0.39, 0.29) is 11.3 Å². The summed E-state index contributed by atoms with van der Waals surface area (Å²) in [5.74, 6) is 0.217. The van der Waals surface area contributed by atoms with Gasteiger partial charge in [-0.25, -0.2) is 0 Å². The molecule has 1 aromatic carbocycles. The zero-order valence-corrected chi connectivity index (χ0v) is 16.5. The normalized spacial score (nSPS) is 29.4. The molecule has 2 aliphatic carbocycles. The fourth-order valence-electron chi connectivity index (χ4n) is 5.06. The van der Waals surface area contributed by atoms with Gasteiger partial charge in [-0.15, -0.1) is 0 Å². The number of nitrogens with one attached hydrogen (secondary N) is 1. The summed E-state index contributed by atoms with van der Waals surface area (Å²) >= 11 is 0. The number of aliphatic hydroxyl groups is 2. The van der Waals surface area contributed by atoms with Gasteiger partial charge in [0.2, 0.25) is 0 Å². The fourth-order valence-corrected chi connectivity index (χ4v) is 5.06. The summed E-state index contributed by atoms with van der Waals surface area (Å²) in [4.78, 5) is 17.0. The highest BCUT2D eigenvalue weighted by Gasteiger charge is 2.46. The van der Waals surface area contributed by atoms with Crippen LogP contribution in [0.15, 0.2) is 36.5 Å². The van der Waals surface area contributed by atoms with E-state index in [1.165, 1.54) is 11.1 Å². The van der Waals surface area contributed by atoms with Gasteiger partial charge in [-0.05, 0) is 85.8 Å². The average molecular weight is 380 g/mol. The number of hydrogen-bond acceptors (Lipinski definition) is 4. The molecule has 0 aliphatic heterocycles. The third-order valence-corrected chi connectivity index (χ3v) is 6.74. The van der Waals surface area contributed by atoms with Gasteiger partial charge in [0.05, 0.1) is 23.6 Å². The van der Waals surface area contributed by atoms with Gasteiger partial charge in [0.15, 0.2) is 0 Å². The Morgan fingerprint density at radius 3 is 2.86 bits per heavy atom. The second kappa shape index (κ2) is 7.30. The van der Waals surface area contributed by atoms with E-state index in [1.807, 2.05) is 31.2 Å². The van der Waals surface area contributed by atoms with Crippen LogP contribution in [0.4, 0.5) is 5.69 Å². The van der Waals surface area contributed by atoms with Crippen LogP contribution in [0.25, 0.3) is 0 Å². The molecule has 1 saturated carbocycles. The molecule has 2 aliphatic rings. The molecule has 0 spiro atoms. The average Bonchev–Trinajstić information content (AvgIpc) is 2.80. The molecule has 0 bridgehead atoms. The van der Waals surface area contributed by atoms with Crippen molar-refractivity contribution in [3.05, 3.63) is 58.9 Å². The number of amides is 1. The van der Waals surface area contributed by atoms with Crippen molar-refractivity contribution in [1.82, 2.24) is 4.98 Å². The molecule has 5 nitrogen and oxygen atoms in total. The zero-order chi connectivity index (χ0) is 19.9. The lowest BCUT2D eigenvalue weighted by Crippen LogP contribution is -2.47. The number of aliphatic hydroxyl groups excluding tert-OH is 2. The molecule has 3 N–H and O–H groups in total. The Bertz CT molecular complexity index is 897. The van der Waals surface area contributed by atoms with E-state index in [1.54, 1.807) is 6.20 Å². The van der Waals surface area contributed by atoms with Crippen molar-refractivity contribution in [2.45, 2.75) is 63.6 Å². The smallest absolute Gasteiger partial charge is 0.255 e. The van der Waals surface area contributed by atoms with Crippen molar-refractivity contribution in [1.29, 1.82) is 0 Å². The lowest BCUT2D eigenvalue weighted by atomic mass is 9.61. The first kappa shape index (κ1) is 19.1. The lowest BCUT2D eigenvalue weighted by molar-refractivity contribution is -0.0559. The highest BCUT2D eigenvalue weighted by molar-refractivity contribution is 6.04. The molecule has 1 aromatic heterocycles. The number of nitrogens with zero attached hydrogens (tertiary/aromatic N) is 1. The van der Waals surface area contributed by atoms with Crippen molar-refractivity contribution >= 4 is 11.6 Å². The molecule has 4 atom stereocenters. The van der Waals surface area contributed by atoms with Crippen molar-refractivity contribution in [3.8, 4) is 0 Å². The summed E-state index contributed by atoms with van der Waals surface area (Å²) < 4.78 is 0. The number of aromatic nitrogens is 1. The third kappa shape index (κ3) is 3.33. The van der Waals surface area contributed by atoms with Crippen LogP contribution in [0.2, 0.25) is 0 Å². The Labute approximate surface area is 165 Å². The minimum Gasteiger partial charge on any atom is -0.390 e. The molecule has 4 rings (SSSR count). The van der Waals surface area contributed by atoms with E-state index in [0.717, 1.165) is 30.6 Å². The van der Waals surface area contributed by atoms with Crippen molar-refractivity contribution in [2.75, 3.05) is 5.32 Å². The molecule has 1 fully saturated rings. The van der Waals surface area contributed by atoms with E-state index in [4.69, 9.17) is 0 Å². The van der Waals surface area contributed by atoms with E-state index in [2.05, 4.69) is 23.3 Å². The Balaban J connectivity index is 1.64. The lowest BCUT2D eigenvalue weighted by Gasteiger charge is -2.45. The molecule has 4 unspecified atom stereocenters. The third-order valence-electron chi connectivity index (χ3n) is 6.74. The maximum atomic E-state index is 12.8. The predicted octanol–water partition coefficient (Wildman–Crippen LogP) is 3.37. The quantitative estimate of drug-likeness (QED) is 0.746. The number of pyridine rings is 1. The van der Waals surface area contributed by atoms with Crippen LogP contribution in [0.5, 0.6) is 0 Å². The molecule has 5 heteroatoms. The van der Waals surface area contributed by atoms with Crippen molar-refractivity contribution in [2.24, 2.45) is 5.92 Å². The van der Waals surface area contributed by atoms with E-state index >= 15 is 0 Å². The minimum absolute atomic E-state index is 0.135. The fraction of sp³-hybridized carbons (Fsp3) is 0.478. The number of rotatable bonds is 2. The molecule has 1 amide bonds. The van der Waals surface area contributed by atoms with Gasteiger partial charge in [-0.3, -0.25) is 9.78 Å². The molecule has 2 aromatic rings. The van der Waals surface area contributed by atoms with Crippen LogP contribution >= 0.6 is 0 Å². The first-order valence-electron chi connectivity index (χ1n) is 10.1. The van der Waals surface area contributed by atoms with Gasteiger partial charge in [0.25, 0.3) is 5.91 Å². The number of carbonyl (C=O) groups excluding carboxylic acids is 1. The number of anilines is 1. The van der Waals surface area contributed by atoms with Crippen LogP contribution in [0.1, 0.15) is 59.8 Å². The van der Waals surface area contributed by atoms with E-state index < -0.39 is 12.2 Å². The summed E-state index contributed by atoms with van der Waals surface area (Å²) in [6, 6.07) is 9.60. The second-order valence-corrected chi connectivity index (χ2v) is 8.54. The summed E-state index contributed by atoms with van der Waals surface area (Å²) in [5, 5.41) is 23.4. The van der Waals surface area contributed by atoms with Gasteiger partial charge in [-0.1, -0.05) is 13.0 Å². The number of aryl methyl sites for hydroxylation is 2. The summed E-state index contributed by atoms with van der Waals surface area (Å²) in [7, 11) is 0. The molecule has 0 saturated heterocycles. The van der Waals surface area contributed by atoms with Crippen molar-refractivity contribution in [3.63, 3.8) is 0 Å². The topological polar surface area (TPSA) is 82.5 Å². The van der Waals surface area contributed by atoms with Gasteiger partial charge < -0.3 is 15.5 Å². The highest BCUT2D eigenvalue weighted by Crippen LogP contribution is 2.49. The largest absolute Gasteiger partial charge is 0.390 e. The Morgan fingerprint density at radius 2 is 2.07 bits per heavy atom. The molecule has 1 heterocycles. The number of hydrogen-bond donors (Lipinski definition) is 3. The maximum absolute atomic E-state index is 12.8. The number of benzene rings is 1. The first-order chi connectivity index (χ1) is 13.4. The van der Waals surface area contributed by atoms with Crippen molar-refractivity contribution < 1.29 is 15.0 Å². The van der Waals surface area contributed by atoms with Gasteiger partial charge >= 0.3 is 0 Å². The van der Waals surface area contributed by atoms with Crippen LogP contribution < -0.4 is 5.32 Å². The van der Waals surface area contributed by atoms with Gasteiger partial charge in [0.1, 0.15) is 0 Å². The van der Waals surface area contributed by atoms with Crippen LogP contribution in [0.3, 0.4) is 0 Å².